The van der Waals surface area contributed by atoms with Gasteiger partial charge < -0.3 is 10.4 Å². The summed E-state index contributed by atoms with van der Waals surface area (Å²) >= 11 is 1.69. The third-order valence-corrected chi connectivity index (χ3v) is 3.08. The number of aliphatic hydroxyl groups excluding tert-OH is 1. The summed E-state index contributed by atoms with van der Waals surface area (Å²) in [6, 6.07) is 0. The van der Waals surface area contributed by atoms with Gasteiger partial charge in [-0.2, -0.15) is 0 Å². The largest absolute Gasteiger partial charge is 0.394 e. The van der Waals surface area contributed by atoms with Crippen LogP contribution in [0.5, 0.6) is 0 Å². The zero-order valence-electron chi connectivity index (χ0n) is 9.63. The van der Waals surface area contributed by atoms with E-state index in [4.69, 9.17) is 5.11 Å². The molecule has 0 atom stereocenters. The molecule has 2 aromatic rings. The van der Waals surface area contributed by atoms with Crippen LogP contribution in [0.1, 0.15) is 15.6 Å². The molecule has 0 radical (unpaired) electrons. The number of nitrogens with zero attached hydrogens (tertiary/aromatic N) is 4. The van der Waals surface area contributed by atoms with Gasteiger partial charge in [-0.15, -0.1) is 16.4 Å². The van der Waals surface area contributed by atoms with Crippen LogP contribution in [0.3, 0.4) is 0 Å². The molecule has 0 spiro atoms. The monoisotopic (exact) mass is 253 g/mol. The van der Waals surface area contributed by atoms with E-state index in [0.29, 0.717) is 13.1 Å². The average molecular weight is 253 g/mol. The molecule has 0 fully saturated rings. The van der Waals surface area contributed by atoms with Crippen molar-refractivity contribution in [2.24, 2.45) is 0 Å². The summed E-state index contributed by atoms with van der Waals surface area (Å²) in [5.41, 5.74) is 0.867. The van der Waals surface area contributed by atoms with Gasteiger partial charge in [-0.05, 0) is 6.92 Å². The first kappa shape index (κ1) is 12.2. The van der Waals surface area contributed by atoms with Gasteiger partial charge in [-0.25, -0.2) is 9.67 Å². The minimum Gasteiger partial charge on any atom is -0.394 e. The molecule has 7 heteroatoms. The number of aromatic nitrogens is 4. The van der Waals surface area contributed by atoms with Gasteiger partial charge in [0.1, 0.15) is 5.01 Å². The van der Waals surface area contributed by atoms with Crippen molar-refractivity contribution in [3.8, 4) is 0 Å². The summed E-state index contributed by atoms with van der Waals surface area (Å²) in [6.07, 6.45) is 3.70. The Bertz CT molecular complexity index is 467. The van der Waals surface area contributed by atoms with Gasteiger partial charge >= 0.3 is 0 Å². The van der Waals surface area contributed by atoms with Crippen LogP contribution in [0.2, 0.25) is 0 Å². The first-order valence-corrected chi connectivity index (χ1v) is 6.21. The number of aliphatic hydroxyl groups is 1. The van der Waals surface area contributed by atoms with Crippen LogP contribution in [-0.4, -0.2) is 31.7 Å². The van der Waals surface area contributed by atoms with Gasteiger partial charge in [0, 0.05) is 30.4 Å². The lowest BCUT2D eigenvalue weighted by molar-refractivity contribution is 0.268. The molecule has 0 aliphatic carbocycles. The van der Waals surface area contributed by atoms with E-state index in [1.54, 1.807) is 16.0 Å². The van der Waals surface area contributed by atoms with E-state index in [1.165, 1.54) is 4.88 Å². The lowest BCUT2D eigenvalue weighted by atomic mass is 10.4. The van der Waals surface area contributed by atoms with E-state index in [9.17, 15) is 0 Å². The van der Waals surface area contributed by atoms with Crippen LogP contribution in [-0.2, 0) is 19.6 Å². The second-order valence-corrected chi connectivity index (χ2v) is 4.98. The fourth-order valence-electron chi connectivity index (χ4n) is 1.41. The van der Waals surface area contributed by atoms with Crippen molar-refractivity contribution in [1.82, 2.24) is 25.3 Å². The van der Waals surface area contributed by atoms with Gasteiger partial charge in [0.2, 0.25) is 0 Å². The van der Waals surface area contributed by atoms with Crippen molar-refractivity contribution in [3.05, 3.63) is 28.0 Å². The Balaban J connectivity index is 1.77. The summed E-state index contributed by atoms with van der Waals surface area (Å²) in [6.45, 7) is 4.00. The molecule has 0 bridgehead atoms. The van der Waals surface area contributed by atoms with Crippen LogP contribution in [0.4, 0.5) is 0 Å². The second kappa shape index (κ2) is 5.85. The van der Waals surface area contributed by atoms with Crippen molar-refractivity contribution < 1.29 is 5.11 Å². The second-order valence-electron chi connectivity index (χ2n) is 3.66. The molecule has 0 unspecified atom stereocenters. The Labute approximate surface area is 103 Å². The minimum absolute atomic E-state index is 0.0780. The zero-order valence-corrected chi connectivity index (χ0v) is 10.4. The normalized spacial score (nSPS) is 10.9. The van der Waals surface area contributed by atoms with Gasteiger partial charge in [-0.3, -0.25) is 0 Å². The number of thiazole rings is 1. The molecule has 0 aliphatic rings. The van der Waals surface area contributed by atoms with Crippen molar-refractivity contribution >= 4 is 11.3 Å². The molecule has 0 amide bonds. The summed E-state index contributed by atoms with van der Waals surface area (Å²) < 4.78 is 1.63. The van der Waals surface area contributed by atoms with E-state index in [-0.39, 0.29) is 6.61 Å². The smallest absolute Gasteiger partial charge is 0.107 e. The maximum atomic E-state index is 8.74. The summed E-state index contributed by atoms with van der Waals surface area (Å²) in [5, 5.41) is 21.0. The molecular weight excluding hydrogens is 238 g/mol. The van der Waals surface area contributed by atoms with E-state index in [1.807, 2.05) is 19.3 Å². The molecule has 0 aromatic carbocycles. The maximum absolute atomic E-state index is 8.74. The van der Waals surface area contributed by atoms with Crippen LogP contribution in [0, 0.1) is 6.92 Å². The first-order valence-electron chi connectivity index (χ1n) is 5.40. The molecule has 6 nitrogen and oxygen atoms in total. The first-order chi connectivity index (χ1) is 8.28. The lowest BCUT2D eigenvalue weighted by Crippen LogP contribution is -2.12. The number of aryl methyl sites for hydroxylation is 1. The van der Waals surface area contributed by atoms with Crippen molar-refractivity contribution in [2.75, 3.05) is 6.61 Å². The quantitative estimate of drug-likeness (QED) is 0.775. The molecule has 2 heterocycles. The highest BCUT2D eigenvalue weighted by Crippen LogP contribution is 2.10. The minimum atomic E-state index is 0.0780. The highest BCUT2D eigenvalue weighted by Gasteiger charge is 2.01. The highest BCUT2D eigenvalue weighted by molar-refractivity contribution is 7.11. The SMILES string of the molecule is Cc1cnc(CNCc2cn(CCO)nn2)s1. The number of nitrogens with one attached hydrogen (secondary N) is 1. The van der Waals surface area contributed by atoms with E-state index < -0.39 is 0 Å². The Hall–Kier alpha value is -1.31. The molecule has 0 saturated heterocycles. The van der Waals surface area contributed by atoms with Crippen LogP contribution >= 0.6 is 11.3 Å². The Morgan fingerprint density at radius 1 is 1.47 bits per heavy atom. The van der Waals surface area contributed by atoms with Gasteiger partial charge in [0.15, 0.2) is 0 Å². The third kappa shape index (κ3) is 3.58. The van der Waals surface area contributed by atoms with Crippen LogP contribution in [0.15, 0.2) is 12.4 Å². The summed E-state index contributed by atoms with van der Waals surface area (Å²) in [5.74, 6) is 0. The number of hydrogen-bond acceptors (Lipinski definition) is 6. The van der Waals surface area contributed by atoms with Gasteiger partial charge in [0.25, 0.3) is 0 Å². The van der Waals surface area contributed by atoms with Crippen molar-refractivity contribution in [2.45, 2.75) is 26.6 Å². The lowest BCUT2D eigenvalue weighted by Gasteiger charge is -1.98. The fourth-order valence-corrected chi connectivity index (χ4v) is 2.17. The zero-order chi connectivity index (χ0) is 12.1. The molecule has 2 aromatic heterocycles. The molecule has 17 heavy (non-hydrogen) atoms. The fraction of sp³-hybridized carbons (Fsp3) is 0.500. The molecule has 0 saturated carbocycles. The van der Waals surface area contributed by atoms with Gasteiger partial charge in [-0.1, -0.05) is 5.21 Å². The maximum Gasteiger partial charge on any atom is 0.107 e. The van der Waals surface area contributed by atoms with Crippen LogP contribution in [0.25, 0.3) is 0 Å². The summed E-state index contributed by atoms with van der Waals surface area (Å²) in [7, 11) is 0. The Morgan fingerprint density at radius 2 is 2.35 bits per heavy atom. The van der Waals surface area contributed by atoms with Crippen molar-refractivity contribution in [3.63, 3.8) is 0 Å². The number of rotatable bonds is 6. The predicted molar refractivity (Wildman–Crippen MR) is 64.5 cm³/mol. The van der Waals surface area contributed by atoms with E-state index in [0.717, 1.165) is 17.2 Å². The molecule has 2 N–H and O–H groups in total. The summed E-state index contributed by atoms with van der Waals surface area (Å²) in [4.78, 5) is 5.48. The third-order valence-electron chi connectivity index (χ3n) is 2.17. The highest BCUT2D eigenvalue weighted by atomic mass is 32.1. The molecule has 92 valence electrons. The molecular formula is C10H15N5OS. The van der Waals surface area contributed by atoms with Crippen molar-refractivity contribution in [1.29, 1.82) is 0 Å². The Kier molecular flexibility index (Phi) is 4.18. The average Bonchev–Trinajstić information content (AvgIpc) is 2.89. The number of hydrogen-bond donors (Lipinski definition) is 2. The molecule has 0 aliphatic heterocycles. The standard InChI is InChI=1S/C10H15N5OS/c1-8-4-12-10(17-8)6-11-5-9-7-15(2-3-16)14-13-9/h4,7,11,16H,2-3,5-6H2,1H3. The van der Waals surface area contributed by atoms with Gasteiger partial charge in [0.05, 0.1) is 18.8 Å². The van der Waals surface area contributed by atoms with E-state index in [2.05, 4.69) is 20.6 Å². The predicted octanol–water partition coefficient (Wildman–Crippen LogP) is 0.325. The van der Waals surface area contributed by atoms with E-state index >= 15 is 0 Å². The van der Waals surface area contributed by atoms with Crippen LogP contribution < -0.4 is 5.32 Å². The topological polar surface area (TPSA) is 75.9 Å². The Morgan fingerprint density at radius 3 is 3.06 bits per heavy atom. The molecule has 2 rings (SSSR count).